The smallest absolute Gasteiger partial charge is 0.240 e. The molecule has 21 heavy (non-hydrogen) atoms. The van der Waals surface area contributed by atoms with E-state index < -0.39 is 10.0 Å². The van der Waals surface area contributed by atoms with Crippen LogP contribution in [0.15, 0.2) is 47.6 Å². The van der Waals surface area contributed by atoms with Gasteiger partial charge in [0.1, 0.15) is 0 Å². The molecule has 1 aromatic carbocycles. The maximum absolute atomic E-state index is 12.1. The van der Waals surface area contributed by atoms with Gasteiger partial charge in [-0.15, -0.1) is 0 Å². The number of sulfonamides is 1. The van der Waals surface area contributed by atoms with Crippen molar-refractivity contribution in [3.63, 3.8) is 0 Å². The predicted molar refractivity (Wildman–Crippen MR) is 81.9 cm³/mol. The van der Waals surface area contributed by atoms with Gasteiger partial charge in [0.05, 0.1) is 10.6 Å². The summed E-state index contributed by atoms with van der Waals surface area (Å²) in [6.45, 7) is 1.28. The van der Waals surface area contributed by atoms with Gasteiger partial charge in [0, 0.05) is 18.9 Å². The largest absolute Gasteiger partial charge is 0.309 e. The van der Waals surface area contributed by atoms with Gasteiger partial charge < -0.3 is 4.90 Å². The predicted octanol–water partition coefficient (Wildman–Crippen LogP) is 1.10. The minimum absolute atomic E-state index is 0.267. The molecule has 0 spiro atoms. The minimum atomic E-state index is -3.44. The number of hydrogen-bond acceptors (Lipinski definition) is 4. The van der Waals surface area contributed by atoms with Gasteiger partial charge in [-0.25, -0.2) is 17.8 Å². The Bertz CT molecular complexity index is 649. The van der Waals surface area contributed by atoms with Crippen molar-refractivity contribution in [1.29, 1.82) is 0 Å². The van der Waals surface area contributed by atoms with E-state index in [9.17, 15) is 8.42 Å². The summed E-state index contributed by atoms with van der Waals surface area (Å²) in [7, 11) is 0.480. The van der Waals surface area contributed by atoms with Crippen LogP contribution in [0.4, 0.5) is 0 Å². The lowest BCUT2D eigenvalue weighted by Gasteiger charge is -2.10. The maximum Gasteiger partial charge on any atom is 0.240 e. The second kappa shape index (κ2) is 6.84. The molecule has 0 aliphatic rings. The van der Waals surface area contributed by atoms with Crippen molar-refractivity contribution in [1.82, 2.24) is 19.4 Å². The van der Waals surface area contributed by atoms with Crippen molar-refractivity contribution < 1.29 is 8.42 Å². The van der Waals surface area contributed by atoms with Gasteiger partial charge in [0.15, 0.2) is 0 Å². The number of benzene rings is 1. The molecular weight excluding hydrogens is 288 g/mol. The second-order valence-electron chi connectivity index (χ2n) is 5.00. The molecule has 1 heterocycles. The molecule has 0 saturated carbocycles. The third-order valence-corrected chi connectivity index (χ3v) is 4.47. The van der Waals surface area contributed by atoms with Crippen molar-refractivity contribution >= 4 is 10.0 Å². The number of hydrogen-bond donors (Lipinski definition) is 1. The third kappa shape index (κ3) is 4.38. The van der Waals surface area contributed by atoms with Gasteiger partial charge in [-0.2, -0.15) is 5.10 Å². The molecule has 2 aromatic rings. The van der Waals surface area contributed by atoms with Crippen LogP contribution in [0.2, 0.25) is 0 Å². The first-order valence-electron chi connectivity index (χ1n) is 6.73. The monoisotopic (exact) mass is 308 g/mol. The molecule has 1 N–H and O–H groups in total. The zero-order valence-electron chi connectivity index (χ0n) is 12.2. The number of nitrogens with one attached hydrogen (secondary N) is 1. The average molecular weight is 308 g/mol. The third-order valence-electron chi connectivity index (χ3n) is 2.99. The summed E-state index contributed by atoms with van der Waals surface area (Å²) in [6.07, 6.45) is 4.26. The first-order valence-corrected chi connectivity index (χ1v) is 8.22. The lowest BCUT2D eigenvalue weighted by Crippen LogP contribution is -2.27. The summed E-state index contributed by atoms with van der Waals surface area (Å²) in [4.78, 5) is 2.29. The molecule has 114 valence electrons. The Labute approximate surface area is 125 Å². The lowest BCUT2D eigenvalue weighted by molar-refractivity contribution is 0.400. The van der Waals surface area contributed by atoms with Crippen molar-refractivity contribution in [2.75, 3.05) is 27.2 Å². The zero-order valence-corrected chi connectivity index (χ0v) is 13.0. The molecule has 0 radical (unpaired) electrons. The molecule has 0 aliphatic heterocycles. The van der Waals surface area contributed by atoms with Crippen LogP contribution < -0.4 is 4.72 Å². The molecule has 6 nitrogen and oxygen atoms in total. The van der Waals surface area contributed by atoms with E-state index in [1.807, 2.05) is 31.3 Å². The van der Waals surface area contributed by atoms with E-state index in [1.54, 1.807) is 35.1 Å². The van der Waals surface area contributed by atoms with Gasteiger partial charge in [-0.05, 0) is 57.4 Å². The molecule has 0 saturated heterocycles. The van der Waals surface area contributed by atoms with Crippen LogP contribution in [0.1, 0.15) is 6.42 Å². The van der Waals surface area contributed by atoms with Gasteiger partial charge in [0.25, 0.3) is 0 Å². The fourth-order valence-corrected chi connectivity index (χ4v) is 2.96. The number of aromatic nitrogens is 2. The van der Waals surface area contributed by atoms with Crippen molar-refractivity contribution in [3.05, 3.63) is 42.7 Å². The van der Waals surface area contributed by atoms with E-state index in [-0.39, 0.29) is 4.90 Å². The van der Waals surface area contributed by atoms with Crippen LogP contribution in [0.5, 0.6) is 0 Å². The summed E-state index contributed by atoms with van der Waals surface area (Å²) in [6, 6.07) is 8.47. The van der Waals surface area contributed by atoms with Crippen molar-refractivity contribution in [2.24, 2.45) is 0 Å². The van der Waals surface area contributed by atoms with E-state index >= 15 is 0 Å². The number of rotatable bonds is 7. The highest BCUT2D eigenvalue weighted by atomic mass is 32.2. The SMILES string of the molecule is CN(C)CCCNS(=O)(=O)c1ccc(-n2cccn2)cc1. The van der Waals surface area contributed by atoms with Crippen molar-refractivity contribution in [3.8, 4) is 5.69 Å². The van der Waals surface area contributed by atoms with Gasteiger partial charge >= 0.3 is 0 Å². The van der Waals surface area contributed by atoms with E-state index in [1.165, 1.54) is 0 Å². The Balaban J connectivity index is 2.00. The van der Waals surface area contributed by atoms with Gasteiger partial charge in [-0.1, -0.05) is 0 Å². The highest BCUT2D eigenvalue weighted by Gasteiger charge is 2.13. The molecule has 0 bridgehead atoms. The second-order valence-corrected chi connectivity index (χ2v) is 6.77. The Hall–Kier alpha value is -1.70. The highest BCUT2D eigenvalue weighted by molar-refractivity contribution is 7.89. The molecule has 1 aromatic heterocycles. The van der Waals surface area contributed by atoms with E-state index in [2.05, 4.69) is 9.82 Å². The molecular formula is C14H20N4O2S. The van der Waals surface area contributed by atoms with Crippen LogP contribution in [0.25, 0.3) is 5.69 Å². The highest BCUT2D eigenvalue weighted by Crippen LogP contribution is 2.13. The molecule has 0 aliphatic carbocycles. The van der Waals surface area contributed by atoms with Crippen LogP contribution in [-0.4, -0.2) is 50.3 Å². The minimum Gasteiger partial charge on any atom is -0.309 e. The molecule has 7 heteroatoms. The van der Waals surface area contributed by atoms with E-state index in [4.69, 9.17) is 0 Å². The molecule has 2 rings (SSSR count). The topological polar surface area (TPSA) is 67.2 Å². The Morgan fingerprint density at radius 3 is 2.52 bits per heavy atom. The van der Waals surface area contributed by atoms with Gasteiger partial charge in [-0.3, -0.25) is 0 Å². The van der Waals surface area contributed by atoms with Crippen molar-refractivity contribution in [2.45, 2.75) is 11.3 Å². The summed E-state index contributed by atoms with van der Waals surface area (Å²) in [5.74, 6) is 0. The van der Waals surface area contributed by atoms with E-state index in [0.717, 1.165) is 18.7 Å². The van der Waals surface area contributed by atoms with E-state index in [0.29, 0.717) is 6.54 Å². The fourth-order valence-electron chi connectivity index (χ4n) is 1.88. The normalized spacial score (nSPS) is 12.0. The average Bonchev–Trinajstić information content (AvgIpc) is 2.98. The van der Waals surface area contributed by atoms with Crippen LogP contribution in [0.3, 0.4) is 0 Å². The lowest BCUT2D eigenvalue weighted by atomic mass is 10.3. The zero-order chi connectivity index (χ0) is 15.3. The Morgan fingerprint density at radius 2 is 1.95 bits per heavy atom. The summed E-state index contributed by atoms with van der Waals surface area (Å²) in [5.41, 5.74) is 0.826. The first kappa shape index (κ1) is 15.7. The molecule has 0 unspecified atom stereocenters. The quantitative estimate of drug-likeness (QED) is 0.778. The maximum atomic E-state index is 12.1. The molecule has 0 fully saturated rings. The molecule has 0 amide bonds. The van der Waals surface area contributed by atoms with Crippen LogP contribution in [-0.2, 0) is 10.0 Å². The molecule has 0 atom stereocenters. The standard InChI is InChI=1S/C14H20N4O2S/c1-17(2)11-4-10-16-21(19,20)14-7-5-13(6-8-14)18-12-3-9-15-18/h3,5-9,12,16H,4,10-11H2,1-2H3. The number of nitrogens with zero attached hydrogens (tertiary/aromatic N) is 3. The van der Waals surface area contributed by atoms with Crippen LogP contribution in [0, 0.1) is 0 Å². The van der Waals surface area contributed by atoms with Crippen LogP contribution >= 0.6 is 0 Å². The summed E-state index contributed by atoms with van der Waals surface area (Å²) in [5, 5.41) is 4.10. The summed E-state index contributed by atoms with van der Waals surface area (Å²) < 4.78 is 28.5. The first-order chi connectivity index (χ1) is 9.99. The fraction of sp³-hybridized carbons (Fsp3) is 0.357. The summed E-state index contributed by atoms with van der Waals surface area (Å²) >= 11 is 0. The van der Waals surface area contributed by atoms with Gasteiger partial charge in [0.2, 0.25) is 10.0 Å². The Kier molecular flexibility index (Phi) is 5.11. The Morgan fingerprint density at radius 1 is 1.24 bits per heavy atom.